The number of benzene rings is 1. The van der Waals surface area contributed by atoms with E-state index in [-0.39, 0.29) is 16.7 Å². The van der Waals surface area contributed by atoms with Crippen LogP contribution in [0.15, 0.2) is 41.8 Å². The van der Waals surface area contributed by atoms with Gasteiger partial charge in [-0.3, -0.25) is 4.79 Å². The molecule has 1 atom stereocenters. The van der Waals surface area contributed by atoms with Crippen LogP contribution in [0.3, 0.4) is 0 Å². The number of hydrogen-bond donors (Lipinski definition) is 1. The number of alkyl halides is 2. The molecule has 0 bridgehead atoms. The number of rotatable bonds is 8. The number of halogens is 2. The lowest BCUT2D eigenvalue weighted by molar-refractivity contribution is 0.0169. The van der Waals surface area contributed by atoms with E-state index in [2.05, 4.69) is 10.3 Å². The van der Waals surface area contributed by atoms with E-state index in [1.165, 1.54) is 6.08 Å². The lowest BCUT2D eigenvalue weighted by atomic mass is 10.2. The van der Waals surface area contributed by atoms with Crippen LogP contribution in [0.4, 0.5) is 8.78 Å². The van der Waals surface area contributed by atoms with Crippen molar-refractivity contribution >= 4 is 27.1 Å². The van der Waals surface area contributed by atoms with Gasteiger partial charge in [0.05, 0.1) is 6.04 Å². The molecular weight excluding hydrogens is 422 g/mol. The van der Waals surface area contributed by atoms with E-state index < -0.39 is 32.7 Å². The van der Waals surface area contributed by atoms with Gasteiger partial charge in [0, 0.05) is 18.6 Å². The first-order valence-electron chi connectivity index (χ1n) is 8.84. The van der Waals surface area contributed by atoms with E-state index in [1.807, 2.05) is 0 Å². The highest BCUT2D eigenvalue weighted by Gasteiger charge is 2.35. The highest BCUT2D eigenvalue weighted by Crippen LogP contribution is 2.38. The first kappa shape index (κ1) is 21.4. The highest BCUT2D eigenvalue weighted by atomic mass is 32.2. The number of ether oxygens (including phenoxy) is 1. The molecule has 29 heavy (non-hydrogen) atoms. The molecule has 1 aliphatic rings. The maximum absolute atomic E-state index is 13.8. The predicted octanol–water partition coefficient (Wildman–Crippen LogP) is 4.11. The summed E-state index contributed by atoms with van der Waals surface area (Å²) in [5.41, 5.74) is 0. The Hall–Kier alpha value is -2.33. The molecule has 1 N–H and O–H groups in total. The van der Waals surface area contributed by atoms with Crippen molar-refractivity contribution in [2.45, 2.75) is 31.7 Å². The fourth-order valence-corrected chi connectivity index (χ4v) is 3.81. The second-order valence-electron chi connectivity index (χ2n) is 6.95. The van der Waals surface area contributed by atoms with Crippen molar-refractivity contribution in [3.8, 4) is 11.6 Å². The molecule has 1 heterocycles. The maximum atomic E-state index is 13.8. The summed E-state index contributed by atoms with van der Waals surface area (Å²) in [7, 11) is -3.35. The van der Waals surface area contributed by atoms with Gasteiger partial charge in [-0.05, 0) is 30.9 Å². The standard InChI is InChI=1S/C19H20F2N2O4S2/c1-19(20,21)18-23-17(27-13-6-4-3-5-7-13)15(28-18)16(24)22-14(12-8-9-12)10-11-29(2,25)26/h3-7,10-12,14H,8-9H2,1-2H3,(H,22,24)/b11-10+/t14-/m1/s1. The minimum Gasteiger partial charge on any atom is -0.437 e. The second-order valence-corrected chi connectivity index (χ2v) is 9.88. The molecule has 1 aromatic heterocycles. The first-order valence-corrected chi connectivity index (χ1v) is 11.6. The van der Waals surface area contributed by atoms with Gasteiger partial charge >= 0.3 is 0 Å². The molecule has 1 aliphatic carbocycles. The SMILES string of the molecule is CC(F)(F)c1nc(Oc2ccccc2)c(C(=O)N[C@H](/C=C/S(C)(=O)=O)C2CC2)s1. The molecule has 0 aliphatic heterocycles. The van der Waals surface area contributed by atoms with E-state index in [0.29, 0.717) is 24.0 Å². The molecule has 156 valence electrons. The number of amides is 1. The summed E-state index contributed by atoms with van der Waals surface area (Å²) < 4.78 is 55.9. The molecule has 1 aromatic carbocycles. The number of hydrogen-bond acceptors (Lipinski definition) is 6. The third-order valence-corrected chi connectivity index (χ3v) is 5.96. The Bertz CT molecular complexity index is 1010. The molecule has 0 saturated heterocycles. The Morgan fingerprint density at radius 3 is 2.55 bits per heavy atom. The van der Waals surface area contributed by atoms with Gasteiger partial charge in [-0.2, -0.15) is 13.8 Å². The monoisotopic (exact) mass is 442 g/mol. The molecule has 6 nitrogen and oxygen atoms in total. The van der Waals surface area contributed by atoms with E-state index in [4.69, 9.17) is 4.74 Å². The quantitative estimate of drug-likeness (QED) is 0.665. The zero-order valence-corrected chi connectivity index (χ0v) is 17.4. The van der Waals surface area contributed by atoms with E-state index in [9.17, 15) is 22.0 Å². The molecule has 0 unspecified atom stereocenters. The first-order chi connectivity index (χ1) is 13.5. The van der Waals surface area contributed by atoms with Crippen LogP contribution in [0.2, 0.25) is 0 Å². The van der Waals surface area contributed by atoms with Gasteiger partial charge in [-0.1, -0.05) is 24.3 Å². The molecular formula is C19H20F2N2O4S2. The minimum atomic E-state index is -3.35. The summed E-state index contributed by atoms with van der Waals surface area (Å²) >= 11 is 0.551. The largest absolute Gasteiger partial charge is 0.437 e. The van der Waals surface area contributed by atoms with Gasteiger partial charge in [0.25, 0.3) is 11.8 Å². The van der Waals surface area contributed by atoms with Gasteiger partial charge in [0.2, 0.25) is 5.88 Å². The van der Waals surface area contributed by atoms with E-state index >= 15 is 0 Å². The van der Waals surface area contributed by atoms with Crippen molar-refractivity contribution < 1.29 is 26.7 Å². The Balaban J connectivity index is 1.88. The number of nitrogens with zero attached hydrogens (tertiary/aromatic N) is 1. The van der Waals surface area contributed by atoms with Crippen LogP contribution in [-0.2, 0) is 15.8 Å². The van der Waals surface area contributed by atoms with Crippen molar-refractivity contribution in [3.63, 3.8) is 0 Å². The average Bonchev–Trinajstić information content (AvgIpc) is 3.37. The van der Waals surface area contributed by atoms with Gasteiger partial charge in [0.15, 0.2) is 19.7 Å². The van der Waals surface area contributed by atoms with Crippen molar-refractivity contribution in [3.05, 3.63) is 51.7 Å². The van der Waals surface area contributed by atoms with Crippen molar-refractivity contribution in [2.24, 2.45) is 5.92 Å². The Kier molecular flexibility index (Phi) is 6.04. The normalized spacial score (nSPS) is 16.0. The number of thiazole rings is 1. The zero-order chi connectivity index (χ0) is 21.2. The Morgan fingerprint density at radius 1 is 1.34 bits per heavy atom. The predicted molar refractivity (Wildman–Crippen MR) is 106 cm³/mol. The molecule has 3 rings (SSSR count). The molecule has 0 spiro atoms. The van der Waals surface area contributed by atoms with Crippen LogP contribution >= 0.6 is 11.3 Å². The number of nitrogens with one attached hydrogen (secondary N) is 1. The summed E-state index contributed by atoms with van der Waals surface area (Å²) in [4.78, 5) is 16.5. The fourth-order valence-electron chi connectivity index (χ4n) is 2.53. The molecule has 2 aromatic rings. The van der Waals surface area contributed by atoms with Crippen LogP contribution in [0.5, 0.6) is 11.6 Å². The van der Waals surface area contributed by atoms with Crippen LogP contribution < -0.4 is 10.1 Å². The Labute approximate surface area is 171 Å². The zero-order valence-electron chi connectivity index (χ0n) is 15.8. The van der Waals surface area contributed by atoms with E-state index in [1.54, 1.807) is 30.3 Å². The molecule has 1 amide bonds. The van der Waals surface area contributed by atoms with Gasteiger partial charge < -0.3 is 10.1 Å². The molecule has 1 fully saturated rings. The lowest BCUT2D eigenvalue weighted by Crippen LogP contribution is -2.34. The third-order valence-electron chi connectivity index (χ3n) is 4.10. The molecule has 0 radical (unpaired) electrons. The topological polar surface area (TPSA) is 85.4 Å². The Morgan fingerprint density at radius 2 is 2.00 bits per heavy atom. The van der Waals surface area contributed by atoms with Gasteiger partial charge in [0.1, 0.15) is 5.75 Å². The second kappa shape index (κ2) is 8.19. The summed E-state index contributed by atoms with van der Waals surface area (Å²) in [6.07, 6.45) is 4.15. The summed E-state index contributed by atoms with van der Waals surface area (Å²) in [6.45, 7) is 0.696. The van der Waals surface area contributed by atoms with Crippen molar-refractivity contribution in [2.75, 3.05) is 6.26 Å². The average molecular weight is 443 g/mol. The number of carbonyl (C=O) groups excluding carboxylic acids is 1. The van der Waals surface area contributed by atoms with Crippen LogP contribution in [-0.4, -0.2) is 31.6 Å². The lowest BCUT2D eigenvalue weighted by Gasteiger charge is -2.14. The van der Waals surface area contributed by atoms with Crippen LogP contribution in [0, 0.1) is 5.92 Å². The van der Waals surface area contributed by atoms with Gasteiger partial charge in [-0.15, -0.1) is 11.3 Å². The van der Waals surface area contributed by atoms with Gasteiger partial charge in [-0.25, -0.2) is 8.42 Å². The smallest absolute Gasteiger partial charge is 0.296 e. The highest BCUT2D eigenvalue weighted by molar-refractivity contribution is 7.93. The minimum absolute atomic E-state index is 0.0937. The summed E-state index contributed by atoms with van der Waals surface area (Å²) in [5.74, 6) is -3.62. The number of sulfone groups is 1. The summed E-state index contributed by atoms with van der Waals surface area (Å²) in [5, 5.41) is 3.21. The fraction of sp³-hybridized carbons (Fsp3) is 0.368. The van der Waals surface area contributed by atoms with E-state index in [0.717, 1.165) is 24.5 Å². The van der Waals surface area contributed by atoms with Crippen LogP contribution in [0.25, 0.3) is 0 Å². The third kappa shape index (κ3) is 6.07. The number of para-hydroxylation sites is 1. The van der Waals surface area contributed by atoms with Crippen molar-refractivity contribution in [1.29, 1.82) is 0 Å². The maximum Gasteiger partial charge on any atom is 0.296 e. The van der Waals surface area contributed by atoms with Crippen LogP contribution in [0.1, 0.15) is 34.4 Å². The number of aromatic nitrogens is 1. The molecule has 1 saturated carbocycles. The molecule has 10 heteroatoms. The van der Waals surface area contributed by atoms with Crippen molar-refractivity contribution in [1.82, 2.24) is 10.3 Å². The summed E-state index contributed by atoms with van der Waals surface area (Å²) in [6, 6.07) is 7.89. The number of carbonyl (C=O) groups is 1.